The van der Waals surface area contributed by atoms with Crippen LogP contribution in [0.2, 0.25) is 0 Å². The molecule has 1 amide bonds. The Morgan fingerprint density at radius 1 is 1.06 bits per heavy atom. The summed E-state index contributed by atoms with van der Waals surface area (Å²) in [6, 6.07) is 15.0. The van der Waals surface area contributed by atoms with Gasteiger partial charge in [0, 0.05) is 35.8 Å². The van der Waals surface area contributed by atoms with Crippen LogP contribution in [-0.4, -0.2) is 26.0 Å². The average Bonchev–Trinajstić information content (AvgIpc) is 2.83. The molecule has 1 aliphatic carbocycles. The Bertz CT molecular complexity index is 1380. The highest BCUT2D eigenvalue weighted by Gasteiger charge is 2.25. The molecule has 0 saturated carbocycles. The SMILES string of the molecule is Cc1cc(N)nc(C)c1CNC(=O)c1ccc2c(c1)Cc1ccc(-c3ncccn3)cc1C2O. The molecule has 1 atom stereocenters. The van der Waals surface area contributed by atoms with Gasteiger partial charge in [-0.15, -0.1) is 0 Å². The standard InChI is InChI=1S/C27H25N5O2/c1-15-10-24(28)32-16(2)23(15)14-31-27(34)19-6-7-21-20(12-19)11-17-4-5-18(13-22(17)25(21)33)26-29-8-3-9-30-26/h3-10,12-13,25,33H,11,14H2,1-2H3,(H2,28,32)(H,31,34). The van der Waals surface area contributed by atoms with Crippen molar-refractivity contribution in [3.8, 4) is 11.4 Å². The van der Waals surface area contributed by atoms with Crippen molar-refractivity contribution in [3.05, 3.63) is 106 Å². The van der Waals surface area contributed by atoms with E-state index in [-0.39, 0.29) is 5.91 Å². The van der Waals surface area contributed by atoms with E-state index in [1.807, 2.05) is 50.2 Å². The van der Waals surface area contributed by atoms with Crippen LogP contribution in [-0.2, 0) is 13.0 Å². The lowest BCUT2D eigenvalue weighted by atomic mass is 9.82. The molecule has 4 aromatic rings. The maximum absolute atomic E-state index is 12.9. The fraction of sp³-hybridized carbons (Fsp3) is 0.185. The van der Waals surface area contributed by atoms with Gasteiger partial charge >= 0.3 is 0 Å². The number of fused-ring (bicyclic) bond motifs is 2. The summed E-state index contributed by atoms with van der Waals surface area (Å²) in [4.78, 5) is 25.8. The number of aliphatic hydroxyl groups excluding tert-OH is 1. The molecule has 0 radical (unpaired) electrons. The number of anilines is 1. The van der Waals surface area contributed by atoms with Crippen LogP contribution < -0.4 is 11.1 Å². The van der Waals surface area contributed by atoms with E-state index in [1.54, 1.807) is 24.5 Å². The van der Waals surface area contributed by atoms with Gasteiger partial charge in [0.15, 0.2) is 5.82 Å². The Morgan fingerprint density at radius 2 is 1.85 bits per heavy atom. The van der Waals surface area contributed by atoms with E-state index in [1.165, 1.54) is 0 Å². The van der Waals surface area contributed by atoms with E-state index in [9.17, 15) is 9.90 Å². The normalized spacial score (nSPS) is 14.3. The van der Waals surface area contributed by atoms with E-state index in [2.05, 4.69) is 20.3 Å². The first kappa shape index (κ1) is 21.7. The first-order valence-corrected chi connectivity index (χ1v) is 11.1. The zero-order valence-electron chi connectivity index (χ0n) is 19.0. The summed E-state index contributed by atoms with van der Waals surface area (Å²) >= 11 is 0. The van der Waals surface area contributed by atoms with Crippen molar-refractivity contribution in [2.24, 2.45) is 0 Å². The lowest BCUT2D eigenvalue weighted by Gasteiger charge is -2.26. The van der Waals surface area contributed by atoms with Crippen molar-refractivity contribution < 1.29 is 9.90 Å². The zero-order chi connectivity index (χ0) is 23.8. The maximum atomic E-state index is 12.9. The number of nitrogens with zero attached hydrogens (tertiary/aromatic N) is 3. The number of nitrogen functional groups attached to an aromatic ring is 1. The lowest BCUT2D eigenvalue weighted by Crippen LogP contribution is -2.25. The number of amides is 1. The molecule has 2 aromatic heterocycles. The van der Waals surface area contributed by atoms with Crippen LogP contribution in [0.1, 0.15) is 55.5 Å². The first-order valence-electron chi connectivity index (χ1n) is 11.1. The molecule has 5 rings (SSSR count). The number of carbonyl (C=O) groups is 1. The minimum atomic E-state index is -0.773. The predicted molar refractivity (Wildman–Crippen MR) is 130 cm³/mol. The van der Waals surface area contributed by atoms with Crippen molar-refractivity contribution in [2.75, 3.05) is 5.73 Å². The van der Waals surface area contributed by atoms with Gasteiger partial charge < -0.3 is 16.2 Å². The van der Waals surface area contributed by atoms with E-state index < -0.39 is 6.10 Å². The largest absolute Gasteiger partial charge is 0.384 e. The Labute approximate surface area is 197 Å². The van der Waals surface area contributed by atoms with E-state index >= 15 is 0 Å². The molecule has 0 fully saturated rings. The molecule has 0 aliphatic heterocycles. The Morgan fingerprint density at radius 3 is 2.62 bits per heavy atom. The molecule has 4 N–H and O–H groups in total. The van der Waals surface area contributed by atoms with Gasteiger partial charge in [0.2, 0.25) is 0 Å². The summed E-state index contributed by atoms with van der Waals surface area (Å²) in [7, 11) is 0. The summed E-state index contributed by atoms with van der Waals surface area (Å²) in [6.07, 6.45) is 3.27. The topological polar surface area (TPSA) is 114 Å². The lowest BCUT2D eigenvalue weighted by molar-refractivity contribution is 0.0950. The van der Waals surface area contributed by atoms with Gasteiger partial charge in [-0.2, -0.15) is 0 Å². The van der Waals surface area contributed by atoms with Crippen LogP contribution in [0.15, 0.2) is 60.9 Å². The summed E-state index contributed by atoms with van der Waals surface area (Å²) in [5, 5.41) is 14.1. The smallest absolute Gasteiger partial charge is 0.251 e. The van der Waals surface area contributed by atoms with Crippen LogP contribution in [0.5, 0.6) is 0 Å². The van der Waals surface area contributed by atoms with Crippen molar-refractivity contribution in [2.45, 2.75) is 32.9 Å². The third kappa shape index (κ3) is 4.02. The average molecular weight is 452 g/mol. The molecule has 0 bridgehead atoms. The van der Waals surface area contributed by atoms with E-state index in [0.29, 0.717) is 30.2 Å². The number of pyridine rings is 1. The zero-order valence-corrected chi connectivity index (χ0v) is 19.0. The van der Waals surface area contributed by atoms with Crippen LogP contribution in [0.3, 0.4) is 0 Å². The monoisotopic (exact) mass is 451 g/mol. The summed E-state index contributed by atoms with van der Waals surface area (Å²) in [6.45, 7) is 4.22. The molecule has 7 heteroatoms. The summed E-state index contributed by atoms with van der Waals surface area (Å²) < 4.78 is 0. The Balaban J connectivity index is 1.37. The molecule has 2 heterocycles. The second kappa shape index (κ2) is 8.68. The van der Waals surface area contributed by atoms with Crippen molar-refractivity contribution in [3.63, 3.8) is 0 Å². The second-order valence-corrected chi connectivity index (χ2v) is 8.59. The fourth-order valence-electron chi connectivity index (χ4n) is 4.56. The Hall–Kier alpha value is -4.10. The third-order valence-electron chi connectivity index (χ3n) is 6.34. The summed E-state index contributed by atoms with van der Waals surface area (Å²) in [5.41, 5.74) is 13.6. The molecule has 34 heavy (non-hydrogen) atoms. The van der Waals surface area contributed by atoms with Crippen LogP contribution >= 0.6 is 0 Å². The van der Waals surface area contributed by atoms with Gasteiger partial charge in [0.25, 0.3) is 5.91 Å². The fourth-order valence-corrected chi connectivity index (χ4v) is 4.56. The Kier molecular flexibility index (Phi) is 5.55. The number of aliphatic hydroxyl groups is 1. The molecule has 0 saturated heterocycles. The second-order valence-electron chi connectivity index (χ2n) is 8.59. The van der Waals surface area contributed by atoms with Gasteiger partial charge in [0.05, 0.1) is 0 Å². The maximum Gasteiger partial charge on any atom is 0.251 e. The highest BCUT2D eigenvalue weighted by molar-refractivity contribution is 5.94. The van der Waals surface area contributed by atoms with Gasteiger partial charge in [-0.05, 0) is 84.0 Å². The number of nitrogens with one attached hydrogen (secondary N) is 1. The first-order chi connectivity index (χ1) is 16.4. The molecule has 170 valence electrons. The number of carbonyl (C=O) groups excluding carboxylic acids is 1. The number of nitrogens with two attached hydrogens (primary N) is 1. The van der Waals surface area contributed by atoms with Gasteiger partial charge in [-0.3, -0.25) is 4.79 Å². The minimum absolute atomic E-state index is 0.171. The van der Waals surface area contributed by atoms with Gasteiger partial charge in [-0.25, -0.2) is 15.0 Å². The predicted octanol–water partition coefficient (Wildman–Crippen LogP) is 3.65. The molecular formula is C27H25N5O2. The van der Waals surface area contributed by atoms with Crippen LogP contribution in [0, 0.1) is 13.8 Å². The minimum Gasteiger partial charge on any atom is -0.384 e. The van der Waals surface area contributed by atoms with Gasteiger partial charge in [0.1, 0.15) is 11.9 Å². The van der Waals surface area contributed by atoms with E-state index in [0.717, 1.165) is 44.6 Å². The van der Waals surface area contributed by atoms with E-state index in [4.69, 9.17) is 5.73 Å². The summed E-state index contributed by atoms with van der Waals surface area (Å²) in [5.74, 6) is 0.925. The van der Waals surface area contributed by atoms with Crippen molar-refractivity contribution in [1.82, 2.24) is 20.3 Å². The molecule has 2 aromatic carbocycles. The third-order valence-corrected chi connectivity index (χ3v) is 6.34. The molecule has 7 nitrogen and oxygen atoms in total. The van der Waals surface area contributed by atoms with Crippen molar-refractivity contribution in [1.29, 1.82) is 0 Å². The van der Waals surface area contributed by atoms with Gasteiger partial charge in [-0.1, -0.05) is 18.2 Å². The highest BCUT2D eigenvalue weighted by atomic mass is 16.3. The number of aryl methyl sites for hydroxylation is 2. The molecule has 1 unspecified atom stereocenters. The number of hydrogen-bond donors (Lipinski definition) is 3. The molecule has 0 spiro atoms. The number of rotatable bonds is 4. The quantitative estimate of drug-likeness (QED) is 0.436. The molecular weight excluding hydrogens is 426 g/mol. The highest BCUT2D eigenvalue weighted by Crippen LogP contribution is 2.37. The number of aromatic nitrogens is 3. The number of hydrogen-bond acceptors (Lipinski definition) is 6. The van der Waals surface area contributed by atoms with Crippen LogP contribution in [0.4, 0.5) is 5.82 Å². The van der Waals surface area contributed by atoms with Crippen molar-refractivity contribution >= 4 is 11.7 Å². The molecule has 1 aliphatic rings. The number of benzene rings is 2. The van der Waals surface area contributed by atoms with Crippen LogP contribution in [0.25, 0.3) is 11.4 Å².